The number of likely N-dealkylation sites (N-methyl/N-ethyl adjacent to an activating group) is 1. The summed E-state index contributed by atoms with van der Waals surface area (Å²) in [5.41, 5.74) is 0.745. The largest absolute Gasteiger partial charge is 0.378 e. The molecule has 1 aromatic rings. The smallest absolute Gasteiger partial charge is 0.231 e. The fourth-order valence-electron chi connectivity index (χ4n) is 1.72. The van der Waals surface area contributed by atoms with Crippen molar-refractivity contribution >= 4 is 17.9 Å². The van der Waals surface area contributed by atoms with Crippen molar-refractivity contribution in [3.05, 3.63) is 29.8 Å². The Morgan fingerprint density at radius 2 is 1.67 bits per heavy atom. The van der Waals surface area contributed by atoms with Gasteiger partial charge in [-0.3, -0.25) is 9.59 Å². The highest BCUT2D eigenvalue weighted by Crippen LogP contribution is 2.26. The molecule has 97 valence electrons. The molecule has 18 heavy (non-hydrogen) atoms. The molecule has 0 saturated carbocycles. The highest BCUT2D eigenvalue weighted by molar-refractivity contribution is 5.81. The molecule has 4 nitrogen and oxygen atoms in total. The summed E-state index contributed by atoms with van der Waals surface area (Å²) in [5, 5.41) is 0. The number of carbonyl (C=O) groups excluding carboxylic acids is 2. The van der Waals surface area contributed by atoms with E-state index in [9.17, 15) is 9.59 Å². The third-order valence-electron chi connectivity index (χ3n) is 3.29. The normalized spacial score (nSPS) is 13.6. The van der Waals surface area contributed by atoms with Gasteiger partial charge in [-0.2, -0.15) is 0 Å². The first-order valence-corrected chi connectivity index (χ1v) is 5.74. The van der Waals surface area contributed by atoms with Gasteiger partial charge in [0, 0.05) is 33.8 Å². The average Bonchev–Trinajstić information content (AvgIpc) is 2.36. The molecule has 1 rings (SSSR count). The van der Waals surface area contributed by atoms with Crippen molar-refractivity contribution in [2.24, 2.45) is 0 Å². The summed E-state index contributed by atoms with van der Waals surface area (Å²) in [6, 6.07) is 7.52. The lowest BCUT2D eigenvalue weighted by molar-refractivity contribution is -0.131. The highest BCUT2D eigenvalue weighted by atomic mass is 16.2. The van der Waals surface area contributed by atoms with Gasteiger partial charge in [0.05, 0.1) is 0 Å². The van der Waals surface area contributed by atoms with Gasteiger partial charge in [-0.15, -0.1) is 0 Å². The van der Waals surface area contributed by atoms with Crippen LogP contribution >= 0.6 is 0 Å². The number of rotatable bonds is 4. The van der Waals surface area contributed by atoms with Crippen LogP contribution in [0.25, 0.3) is 0 Å². The topological polar surface area (TPSA) is 40.6 Å². The van der Waals surface area contributed by atoms with Crippen LogP contribution in [0.2, 0.25) is 0 Å². The SMILES string of the molecule is CC(=O)N(C)[C@@](C)([C]=O)c1ccc(N(C)C)cc1. The maximum absolute atomic E-state index is 11.4. The van der Waals surface area contributed by atoms with Crippen molar-refractivity contribution in [3.8, 4) is 0 Å². The number of anilines is 1. The number of nitrogens with zero attached hydrogens (tertiary/aromatic N) is 2. The molecule has 0 aromatic heterocycles. The van der Waals surface area contributed by atoms with E-state index >= 15 is 0 Å². The first-order chi connectivity index (χ1) is 8.32. The fourth-order valence-corrected chi connectivity index (χ4v) is 1.72. The predicted molar refractivity (Wildman–Crippen MR) is 72.3 cm³/mol. The van der Waals surface area contributed by atoms with Gasteiger partial charge in [0.1, 0.15) is 5.54 Å². The van der Waals surface area contributed by atoms with Gasteiger partial charge in [0.25, 0.3) is 0 Å². The Labute approximate surface area is 108 Å². The minimum absolute atomic E-state index is 0.169. The molecule has 0 saturated heterocycles. The number of benzene rings is 1. The molecule has 0 N–H and O–H groups in total. The summed E-state index contributed by atoms with van der Waals surface area (Å²) in [4.78, 5) is 26.1. The monoisotopic (exact) mass is 247 g/mol. The number of carbonyl (C=O) groups is 1. The molecule has 0 aliphatic rings. The van der Waals surface area contributed by atoms with Crippen LogP contribution in [0.15, 0.2) is 24.3 Å². The van der Waals surface area contributed by atoms with Crippen LogP contribution in [-0.4, -0.2) is 38.2 Å². The number of hydrogen-bond donors (Lipinski definition) is 0. The Kier molecular flexibility index (Phi) is 4.11. The highest BCUT2D eigenvalue weighted by Gasteiger charge is 2.33. The van der Waals surface area contributed by atoms with Crippen molar-refractivity contribution in [1.82, 2.24) is 4.90 Å². The molecule has 0 bridgehead atoms. The lowest BCUT2D eigenvalue weighted by Gasteiger charge is -2.33. The number of hydrogen-bond acceptors (Lipinski definition) is 3. The van der Waals surface area contributed by atoms with Crippen LogP contribution in [0.5, 0.6) is 0 Å². The zero-order valence-corrected chi connectivity index (χ0v) is 11.5. The molecule has 1 radical (unpaired) electrons. The standard InChI is InChI=1S/C14H19N2O2/c1-11(18)16(5)14(2,10-17)12-6-8-13(9-7-12)15(3)4/h6-9H,1-5H3/t14-/m0/s1. The van der Waals surface area contributed by atoms with E-state index in [0.717, 1.165) is 11.3 Å². The van der Waals surface area contributed by atoms with E-state index in [4.69, 9.17) is 0 Å². The van der Waals surface area contributed by atoms with Gasteiger partial charge in [-0.05, 0) is 24.6 Å². The van der Waals surface area contributed by atoms with E-state index in [-0.39, 0.29) is 5.91 Å². The van der Waals surface area contributed by atoms with Crippen LogP contribution in [0, 0.1) is 0 Å². The lowest BCUT2D eigenvalue weighted by atomic mass is 9.91. The molecule has 1 aromatic carbocycles. The molecular formula is C14H19N2O2. The van der Waals surface area contributed by atoms with Crippen LogP contribution in [-0.2, 0) is 15.1 Å². The molecule has 4 heteroatoms. The van der Waals surface area contributed by atoms with Crippen LogP contribution in [0.4, 0.5) is 5.69 Å². The molecule has 0 fully saturated rings. The van der Waals surface area contributed by atoms with Crippen LogP contribution in [0.1, 0.15) is 19.4 Å². The summed E-state index contributed by atoms with van der Waals surface area (Å²) in [6.07, 6.45) is 1.97. The zero-order valence-electron chi connectivity index (χ0n) is 11.5. The maximum Gasteiger partial charge on any atom is 0.231 e. The third-order valence-corrected chi connectivity index (χ3v) is 3.29. The summed E-state index contributed by atoms with van der Waals surface area (Å²) >= 11 is 0. The van der Waals surface area contributed by atoms with Crippen LogP contribution in [0.3, 0.4) is 0 Å². The Morgan fingerprint density at radius 1 is 1.17 bits per heavy atom. The second-order valence-corrected chi connectivity index (χ2v) is 4.69. The second-order valence-electron chi connectivity index (χ2n) is 4.69. The quantitative estimate of drug-likeness (QED) is 0.810. The Balaban J connectivity index is 3.16. The lowest BCUT2D eigenvalue weighted by Crippen LogP contribution is -2.45. The van der Waals surface area contributed by atoms with E-state index in [2.05, 4.69) is 0 Å². The van der Waals surface area contributed by atoms with Gasteiger partial charge in [-0.25, -0.2) is 0 Å². The first-order valence-electron chi connectivity index (χ1n) is 5.74. The number of amides is 1. The first kappa shape index (κ1) is 14.2. The van der Waals surface area contributed by atoms with Gasteiger partial charge >= 0.3 is 0 Å². The molecule has 0 unspecified atom stereocenters. The van der Waals surface area contributed by atoms with E-state index in [1.54, 1.807) is 14.0 Å². The second kappa shape index (κ2) is 5.21. The summed E-state index contributed by atoms with van der Waals surface area (Å²) in [6.45, 7) is 3.12. The fraction of sp³-hybridized carbons (Fsp3) is 0.429. The zero-order chi connectivity index (χ0) is 13.9. The Morgan fingerprint density at radius 3 is 2.00 bits per heavy atom. The molecular weight excluding hydrogens is 228 g/mol. The van der Waals surface area contributed by atoms with E-state index < -0.39 is 5.54 Å². The van der Waals surface area contributed by atoms with E-state index in [0.29, 0.717) is 0 Å². The van der Waals surface area contributed by atoms with Crippen molar-refractivity contribution in [2.45, 2.75) is 19.4 Å². The van der Waals surface area contributed by atoms with Crippen molar-refractivity contribution in [2.75, 3.05) is 26.0 Å². The van der Waals surface area contributed by atoms with Crippen LogP contribution < -0.4 is 4.90 Å². The Bertz CT molecular complexity index is 440. The van der Waals surface area contributed by atoms with E-state index in [1.807, 2.05) is 49.5 Å². The molecule has 0 aliphatic carbocycles. The maximum atomic E-state index is 11.4. The van der Waals surface area contributed by atoms with E-state index in [1.165, 1.54) is 11.8 Å². The summed E-state index contributed by atoms with van der Waals surface area (Å²) in [7, 11) is 5.50. The molecule has 0 spiro atoms. The third kappa shape index (κ3) is 2.53. The summed E-state index contributed by atoms with van der Waals surface area (Å²) < 4.78 is 0. The van der Waals surface area contributed by atoms with Gasteiger partial charge in [0.2, 0.25) is 12.2 Å². The average molecular weight is 247 g/mol. The Hall–Kier alpha value is -1.84. The van der Waals surface area contributed by atoms with Crippen molar-refractivity contribution in [1.29, 1.82) is 0 Å². The predicted octanol–water partition coefficient (Wildman–Crippen LogP) is 1.56. The minimum Gasteiger partial charge on any atom is -0.378 e. The molecule has 1 amide bonds. The molecule has 0 heterocycles. The molecule has 1 atom stereocenters. The molecule has 0 aliphatic heterocycles. The van der Waals surface area contributed by atoms with Crippen molar-refractivity contribution in [3.63, 3.8) is 0 Å². The van der Waals surface area contributed by atoms with Gasteiger partial charge < -0.3 is 9.80 Å². The summed E-state index contributed by atoms with van der Waals surface area (Å²) in [5.74, 6) is -0.169. The minimum atomic E-state index is -1.04. The van der Waals surface area contributed by atoms with Gasteiger partial charge in [0.15, 0.2) is 0 Å². The van der Waals surface area contributed by atoms with Crippen molar-refractivity contribution < 1.29 is 9.59 Å². The van der Waals surface area contributed by atoms with Gasteiger partial charge in [-0.1, -0.05) is 12.1 Å².